The van der Waals surface area contributed by atoms with Gasteiger partial charge in [0.2, 0.25) is 0 Å². The Balaban J connectivity index is 2.54. The van der Waals surface area contributed by atoms with Gasteiger partial charge >= 0.3 is 0 Å². The van der Waals surface area contributed by atoms with E-state index in [1.807, 2.05) is 12.1 Å². The highest BCUT2D eigenvalue weighted by Gasteiger charge is 2.09. The van der Waals surface area contributed by atoms with E-state index in [-0.39, 0.29) is 0 Å². The minimum absolute atomic E-state index is 0.435. The SMILES string of the molecule is Clc1cc(Br)ccc1-c1ncc(I)c(Cl)n1. The van der Waals surface area contributed by atoms with Gasteiger partial charge in [-0.25, -0.2) is 9.97 Å². The Morgan fingerprint density at radius 2 is 2.00 bits per heavy atom. The van der Waals surface area contributed by atoms with Gasteiger partial charge in [0.1, 0.15) is 5.15 Å². The highest BCUT2D eigenvalue weighted by atomic mass is 127. The molecule has 0 bridgehead atoms. The molecule has 6 heteroatoms. The third-order valence-electron chi connectivity index (χ3n) is 1.87. The minimum atomic E-state index is 0.435. The molecule has 0 aliphatic carbocycles. The maximum atomic E-state index is 6.10. The van der Waals surface area contributed by atoms with E-state index in [4.69, 9.17) is 23.2 Å². The lowest BCUT2D eigenvalue weighted by atomic mass is 10.2. The van der Waals surface area contributed by atoms with Crippen molar-refractivity contribution >= 4 is 61.7 Å². The number of hydrogen-bond acceptors (Lipinski definition) is 2. The van der Waals surface area contributed by atoms with E-state index in [0.29, 0.717) is 16.0 Å². The molecule has 1 aromatic heterocycles. The van der Waals surface area contributed by atoms with Crippen molar-refractivity contribution in [2.75, 3.05) is 0 Å². The summed E-state index contributed by atoms with van der Waals surface area (Å²) in [5.41, 5.74) is 0.767. The molecule has 82 valence electrons. The van der Waals surface area contributed by atoms with Crippen molar-refractivity contribution < 1.29 is 0 Å². The Bertz CT molecular complexity index is 548. The Morgan fingerprint density at radius 3 is 2.62 bits per heavy atom. The first-order valence-corrected chi connectivity index (χ1v) is 6.84. The Morgan fingerprint density at radius 1 is 1.25 bits per heavy atom. The molecule has 0 fully saturated rings. The van der Waals surface area contributed by atoms with Crippen molar-refractivity contribution in [3.8, 4) is 11.4 Å². The quantitative estimate of drug-likeness (QED) is 0.480. The van der Waals surface area contributed by atoms with Crippen molar-refractivity contribution in [3.63, 3.8) is 0 Å². The predicted molar refractivity (Wildman–Crippen MR) is 77.9 cm³/mol. The summed E-state index contributed by atoms with van der Waals surface area (Å²) >= 11 is 17.5. The summed E-state index contributed by atoms with van der Waals surface area (Å²) in [5.74, 6) is 0.530. The summed E-state index contributed by atoms with van der Waals surface area (Å²) in [6.45, 7) is 0. The standard InChI is InChI=1S/C10H4BrCl2IN2/c11-5-1-2-6(7(12)3-5)10-15-4-8(14)9(13)16-10/h1-4H. The first-order valence-electron chi connectivity index (χ1n) is 4.21. The summed E-state index contributed by atoms with van der Waals surface area (Å²) in [6, 6.07) is 5.54. The Labute approximate surface area is 125 Å². The summed E-state index contributed by atoms with van der Waals surface area (Å²) in [4.78, 5) is 8.38. The molecular formula is C10H4BrCl2IN2. The molecule has 16 heavy (non-hydrogen) atoms. The third kappa shape index (κ3) is 2.67. The molecule has 0 atom stereocenters. The Kier molecular flexibility index (Phi) is 4.05. The van der Waals surface area contributed by atoms with Gasteiger partial charge < -0.3 is 0 Å². The van der Waals surface area contributed by atoms with Crippen LogP contribution < -0.4 is 0 Å². The van der Waals surface area contributed by atoms with Crippen LogP contribution >= 0.6 is 61.7 Å². The zero-order valence-corrected chi connectivity index (χ0v) is 13.0. The van der Waals surface area contributed by atoms with E-state index in [0.717, 1.165) is 13.6 Å². The number of hydrogen-bond donors (Lipinski definition) is 0. The van der Waals surface area contributed by atoms with E-state index >= 15 is 0 Å². The van der Waals surface area contributed by atoms with Crippen LogP contribution in [0.4, 0.5) is 0 Å². The van der Waals surface area contributed by atoms with Gasteiger partial charge in [0.15, 0.2) is 5.82 Å². The number of halogens is 4. The molecule has 0 saturated heterocycles. The van der Waals surface area contributed by atoms with Crippen LogP contribution in [-0.4, -0.2) is 9.97 Å². The van der Waals surface area contributed by atoms with Gasteiger partial charge in [-0.3, -0.25) is 0 Å². The lowest BCUT2D eigenvalue weighted by molar-refractivity contribution is 1.16. The first-order chi connectivity index (χ1) is 7.58. The summed E-state index contributed by atoms with van der Waals surface area (Å²) in [7, 11) is 0. The highest BCUT2D eigenvalue weighted by molar-refractivity contribution is 14.1. The van der Waals surface area contributed by atoms with Crippen LogP contribution in [0.15, 0.2) is 28.9 Å². The molecule has 0 aliphatic heterocycles. The van der Waals surface area contributed by atoms with E-state index < -0.39 is 0 Å². The molecule has 0 spiro atoms. The van der Waals surface area contributed by atoms with Crippen molar-refractivity contribution in [1.82, 2.24) is 9.97 Å². The molecule has 0 N–H and O–H groups in total. The second-order valence-corrected chi connectivity index (χ2v) is 5.80. The van der Waals surface area contributed by atoms with E-state index in [1.165, 1.54) is 0 Å². The lowest BCUT2D eigenvalue weighted by Crippen LogP contribution is -1.92. The average molecular weight is 430 g/mol. The molecule has 2 nitrogen and oxygen atoms in total. The van der Waals surface area contributed by atoms with Crippen LogP contribution in [0.1, 0.15) is 0 Å². The normalized spacial score (nSPS) is 10.5. The largest absolute Gasteiger partial charge is 0.235 e. The van der Waals surface area contributed by atoms with Crippen LogP contribution in [0.2, 0.25) is 10.2 Å². The maximum Gasteiger partial charge on any atom is 0.162 e. The van der Waals surface area contributed by atoms with Crippen molar-refractivity contribution in [1.29, 1.82) is 0 Å². The summed E-state index contributed by atoms with van der Waals surface area (Å²) in [5, 5.41) is 1.02. The fraction of sp³-hybridized carbons (Fsp3) is 0. The van der Waals surface area contributed by atoms with E-state index in [2.05, 4.69) is 48.5 Å². The molecule has 0 saturated carbocycles. The highest BCUT2D eigenvalue weighted by Crippen LogP contribution is 2.29. The second-order valence-electron chi connectivity index (χ2n) is 2.96. The molecule has 2 aromatic rings. The molecule has 0 unspecified atom stereocenters. The van der Waals surface area contributed by atoms with Gasteiger partial charge in [0.25, 0.3) is 0 Å². The molecular weight excluding hydrogens is 426 g/mol. The Hall–Kier alpha value is 0.0900. The van der Waals surface area contributed by atoms with Gasteiger partial charge in [-0.2, -0.15) is 0 Å². The number of aromatic nitrogens is 2. The van der Waals surface area contributed by atoms with Gasteiger partial charge in [-0.15, -0.1) is 0 Å². The van der Waals surface area contributed by atoms with Gasteiger partial charge in [-0.1, -0.05) is 39.1 Å². The lowest BCUT2D eigenvalue weighted by Gasteiger charge is -2.04. The van der Waals surface area contributed by atoms with Crippen LogP contribution in [0.3, 0.4) is 0 Å². The molecule has 0 amide bonds. The zero-order chi connectivity index (χ0) is 11.7. The van der Waals surface area contributed by atoms with Crippen molar-refractivity contribution in [2.24, 2.45) is 0 Å². The van der Waals surface area contributed by atoms with E-state index in [9.17, 15) is 0 Å². The fourth-order valence-electron chi connectivity index (χ4n) is 1.15. The minimum Gasteiger partial charge on any atom is -0.235 e. The van der Waals surface area contributed by atoms with Gasteiger partial charge in [0, 0.05) is 16.2 Å². The topological polar surface area (TPSA) is 25.8 Å². The maximum absolute atomic E-state index is 6.10. The average Bonchev–Trinajstić information content (AvgIpc) is 2.22. The second kappa shape index (κ2) is 5.16. The summed E-state index contributed by atoms with van der Waals surface area (Å²) < 4.78 is 1.73. The first kappa shape index (κ1) is 12.5. The molecule has 2 rings (SSSR count). The fourth-order valence-corrected chi connectivity index (χ4v) is 2.29. The number of nitrogens with zero attached hydrogens (tertiary/aromatic N) is 2. The molecule has 1 aromatic carbocycles. The van der Waals surface area contributed by atoms with Crippen LogP contribution in [-0.2, 0) is 0 Å². The third-order valence-corrected chi connectivity index (χ3v) is 4.08. The smallest absolute Gasteiger partial charge is 0.162 e. The van der Waals surface area contributed by atoms with Crippen LogP contribution in [0, 0.1) is 3.57 Å². The van der Waals surface area contributed by atoms with Gasteiger partial charge in [0.05, 0.1) is 8.59 Å². The predicted octanol–water partition coefficient (Wildman–Crippen LogP) is 4.82. The van der Waals surface area contributed by atoms with Gasteiger partial charge in [-0.05, 0) is 40.8 Å². The van der Waals surface area contributed by atoms with Crippen LogP contribution in [0.5, 0.6) is 0 Å². The molecule has 0 aliphatic rings. The number of rotatable bonds is 1. The summed E-state index contributed by atoms with van der Waals surface area (Å²) in [6.07, 6.45) is 1.67. The van der Waals surface area contributed by atoms with Crippen molar-refractivity contribution in [3.05, 3.63) is 42.6 Å². The molecule has 0 radical (unpaired) electrons. The number of benzene rings is 1. The zero-order valence-electron chi connectivity index (χ0n) is 7.72. The monoisotopic (exact) mass is 428 g/mol. The van der Waals surface area contributed by atoms with E-state index in [1.54, 1.807) is 12.3 Å². The molecule has 1 heterocycles. The van der Waals surface area contributed by atoms with Crippen LogP contribution in [0.25, 0.3) is 11.4 Å². The van der Waals surface area contributed by atoms with Crippen molar-refractivity contribution in [2.45, 2.75) is 0 Å².